The van der Waals surface area contributed by atoms with Crippen LogP contribution in [-0.4, -0.2) is 28.2 Å². The molecule has 1 rings (SSSR count). The zero-order valence-corrected chi connectivity index (χ0v) is 8.54. The van der Waals surface area contributed by atoms with Crippen LogP contribution in [0.2, 0.25) is 0 Å². The second kappa shape index (κ2) is 6.05. The molecule has 0 spiro atoms. The van der Waals surface area contributed by atoms with E-state index in [1.807, 2.05) is 5.32 Å². The number of hydrogen-bond acceptors (Lipinski definition) is 5. The predicted molar refractivity (Wildman–Crippen MR) is 53.7 cm³/mol. The van der Waals surface area contributed by atoms with Crippen LogP contribution >= 0.6 is 0 Å². The van der Waals surface area contributed by atoms with Gasteiger partial charge >= 0.3 is 12.0 Å². The summed E-state index contributed by atoms with van der Waals surface area (Å²) in [4.78, 5) is 32.2. The van der Waals surface area contributed by atoms with Crippen molar-refractivity contribution in [3.8, 4) is 0 Å². The fourth-order valence-corrected chi connectivity index (χ4v) is 0.844. The maximum Gasteiger partial charge on any atom is 0.328 e. The second-order valence-electron chi connectivity index (χ2n) is 2.83. The third kappa shape index (κ3) is 5.11. The smallest absolute Gasteiger partial charge is 0.328 e. The summed E-state index contributed by atoms with van der Waals surface area (Å²) in [5.41, 5.74) is 0.494. The van der Waals surface area contributed by atoms with Crippen LogP contribution in [-0.2, 0) is 16.1 Å². The zero-order chi connectivity index (χ0) is 12.7. The number of carboxylic acid groups (broad SMARTS) is 1. The summed E-state index contributed by atoms with van der Waals surface area (Å²) in [7, 11) is 0. The lowest BCUT2D eigenvalue weighted by Gasteiger charge is -2.01. The minimum Gasteiger partial charge on any atom is -0.478 e. The van der Waals surface area contributed by atoms with Crippen molar-refractivity contribution in [2.75, 3.05) is 0 Å². The molecule has 3 amide bonds. The van der Waals surface area contributed by atoms with E-state index in [-0.39, 0.29) is 6.54 Å². The standard InChI is InChI=1S/C9H9N3O5/c13-7(1-2-8(14)15)11-9(16)10-5-6-3-4-17-12-6/h1-4H,5H2,(H,14,15)(H2,10,11,13,16)/b2-1+. The van der Waals surface area contributed by atoms with E-state index < -0.39 is 17.9 Å². The molecule has 17 heavy (non-hydrogen) atoms. The van der Waals surface area contributed by atoms with E-state index in [2.05, 4.69) is 15.0 Å². The number of amides is 3. The minimum absolute atomic E-state index is 0.0955. The lowest BCUT2D eigenvalue weighted by atomic mass is 10.4. The summed E-state index contributed by atoms with van der Waals surface area (Å²) < 4.78 is 4.53. The molecule has 1 aromatic rings. The predicted octanol–water partition coefficient (Wildman–Crippen LogP) is -0.359. The number of nitrogens with zero attached hydrogens (tertiary/aromatic N) is 1. The molecule has 0 radical (unpaired) electrons. The fraction of sp³-hybridized carbons (Fsp3) is 0.111. The Hall–Kier alpha value is -2.64. The molecule has 8 nitrogen and oxygen atoms in total. The molecule has 3 N–H and O–H groups in total. The Labute approximate surface area is 95.3 Å². The van der Waals surface area contributed by atoms with Gasteiger partial charge in [0.25, 0.3) is 5.91 Å². The van der Waals surface area contributed by atoms with Crippen molar-refractivity contribution in [2.24, 2.45) is 0 Å². The summed E-state index contributed by atoms with van der Waals surface area (Å²) in [5, 5.41) is 16.0. The van der Waals surface area contributed by atoms with Crippen molar-refractivity contribution in [1.82, 2.24) is 15.8 Å². The number of carboxylic acids is 1. The molecular weight excluding hydrogens is 230 g/mol. The third-order valence-electron chi connectivity index (χ3n) is 1.54. The molecule has 8 heteroatoms. The first-order valence-electron chi connectivity index (χ1n) is 4.47. The highest BCUT2D eigenvalue weighted by atomic mass is 16.5. The Morgan fingerprint density at radius 2 is 2.18 bits per heavy atom. The fourth-order valence-electron chi connectivity index (χ4n) is 0.844. The van der Waals surface area contributed by atoms with Gasteiger partial charge in [-0.25, -0.2) is 9.59 Å². The van der Waals surface area contributed by atoms with Gasteiger partial charge < -0.3 is 14.9 Å². The number of nitrogens with one attached hydrogen (secondary N) is 2. The molecule has 1 heterocycles. The van der Waals surface area contributed by atoms with Gasteiger partial charge in [0.2, 0.25) is 0 Å². The number of aliphatic carboxylic acids is 1. The van der Waals surface area contributed by atoms with Crippen molar-refractivity contribution in [3.05, 3.63) is 30.2 Å². The molecular formula is C9H9N3O5. The van der Waals surface area contributed by atoms with E-state index in [0.29, 0.717) is 11.8 Å². The van der Waals surface area contributed by atoms with E-state index in [9.17, 15) is 14.4 Å². The highest BCUT2D eigenvalue weighted by molar-refractivity contribution is 6.02. The maximum absolute atomic E-state index is 11.1. The molecule has 0 saturated heterocycles. The van der Waals surface area contributed by atoms with Crippen LogP contribution < -0.4 is 10.6 Å². The molecule has 90 valence electrons. The van der Waals surface area contributed by atoms with Gasteiger partial charge in [0.1, 0.15) is 12.0 Å². The number of hydrogen-bond donors (Lipinski definition) is 3. The van der Waals surface area contributed by atoms with Crippen molar-refractivity contribution < 1.29 is 24.0 Å². The number of carbonyl (C=O) groups is 3. The van der Waals surface area contributed by atoms with Crippen molar-refractivity contribution >= 4 is 17.9 Å². The molecule has 0 bridgehead atoms. The molecule has 1 aromatic heterocycles. The van der Waals surface area contributed by atoms with E-state index >= 15 is 0 Å². The molecule has 0 unspecified atom stereocenters. The summed E-state index contributed by atoms with van der Waals surface area (Å²) in [6.07, 6.45) is 2.70. The highest BCUT2D eigenvalue weighted by Crippen LogP contribution is 1.92. The molecule has 0 aliphatic rings. The monoisotopic (exact) mass is 239 g/mol. The van der Waals surface area contributed by atoms with Crippen LogP contribution in [0.4, 0.5) is 4.79 Å². The molecule has 0 fully saturated rings. The van der Waals surface area contributed by atoms with Gasteiger partial charge in [-0.1, -0.05) is 5.16 Å². The number of carbonyl (C=O) groups excluding carboxylic acids is 2. The first kappa shape index (κ1) is 12.4. The minimum atomic E-state index is -1.27. The van der Waals surface area contributed by atoms with Crippen LogP contribution in [0.15, 0.2) is 29.0 Å². The lowest BCUT2D eigenvalue weighted by molar-refractivity contribution is -0.131. The first-order chi connectivity index (χ1) is 8.08. The van der Waals surface area contributed by atoms with Gasteiger partial charge in [0, 0.05) is 18.2 Å². The van der Waals surface area contributed by atoms with Crippen LogP contribution in [0.5, 0.6) is 0 Å². The SMILES string of the molecule is O=C(O)/C=C/C(=O)NC(=O)NCc1ccon1. The third-order valence-corrected chi connectivity index (χ3v) is 1.54. The first-order valence-corrected chi connectivity index (χ1v) is 4.47. The summed E-state index contributed by atoms with van der Waals surface area (Å²) in [6.45, 7) is 0.0955. The van der Waals surface area contributed by atoms with E-state index in [4.69, 9.17) is 5.11 Å². The van der Waals surface area contributed by atoms with Crippen LogP contribution in [0.25, 0.3) is 0 Å². The van der Waals surface area contributed by atoms with E-state index in [1.165, 1.54) is 6.26 Å². The Morgan fingerprint density at radius 3 is 2.76 bits per heavy atom. The summed E-state index contributed by atoms with van der Waals surface area (Å²) in [5.74, 6) is -2.10. The molecule has 0 aliphatic heterocycles. The van der Waals surface area contributed by atoms with E-state index in [0.717, 1.165) is 6.08 Å². The van der Waals surface area contributed by atoms with Gasteiger partial charge in [-0.05, 0) is 0 Å². The maximum atomic E-state index is 11.1. The van der Waals surface area contributed by atoms with Gasteiger partial charge in [0.05, 0.1) is 6.54 Å². The Kier molecular flexibility index (Phi) is 4.43. The topological polar surface area (TPSA) is 122 Å². The largest absolute Gasteiger partial charge is 0.478 e. The number of rotatable bonds is 4. The number of aromatic nitrogens is 1. The average molecular weight is 239 g/mol. The van der Waals surface area contributed by atoms with Crippen molar-refractivity contribution in [1.29, 1.82) is 0 Å². The van der Waals surface area contributed by atoms with Crippen molar-refractivity contribution in [2.45, 2.75) is 6.54 Å². The summed E-state index contributed by atoms with van der Waals surface area (Å²) in [6, 6.07) is 0.792. The highest BCUT2D eigenvalue weighted by Gasteiger charge is 2.05. The van der Waals surface area contributed by atoms with Gasteiger partial charge in [-0.15, -0.1) is 0 Å². The molecule has 0 aliphatic carbocycles. The zero-order valence-electron chi connectivity index (χ0n) is 8.54. The lowest BCUT2D eigenvalue weighted by Crippen LogP contribution is -2.38. The Bertz CT molecular complexity index is 437. The van der Waals surface area contributed by atoms with Crippen molar-refractivity contribution in [3.63, 3.8) is 0 Å². The van der Waals surface area contributed by atoms with E-state index in [1.54, 1.807) is 6.07 Å². The van der Waals surface area contributed by atoms with Gasteiger partial charge in [-0.3, -0.25) is 10.1 Å². The van der Waals surface area contributed by atoms with Crippen LogP contribution in [0.3, 0.4) is 0 Å². The molecule has 0 saturated carbocycles. The number of urea groups is 1. The quantitative estimate of drug-likeness (QED) is 0.617. The average Bonchev–Trinajstić information content (AvgIpc) is 2.76. The van der Waals surface area contributed by atoms with Gasteiger partial charge in [-0.2, -0.15) is 0 Å². The van der Waals surface area contributed by atoms with Crippen LogP contribution in [0.1, 0.15) is 5.69 Å². The molecule has 0 aromatic carbocycles. The Morgan fingerprint density at radius 1 is 1.41 bits per heavy atom. The molecule has 0 atom stereocenters. The normalized spacial score (nSPS) is 10.1. The van der Waals surface area contributed by atoms with Gasteiger partial charge in [0.15, 0.2) is 0 Å². The van der Waals surface area contributed by atoms with Crippen LogP contribution in [0, 0.1) is 0 Å². The summed E-state index contributed by atoms with van der Waals surface area (Å²) >= 11 is 0. The number of imide groups is 1. The second-order valence-corrected chi connectivity index (χ2v) is 2.83. The Balaban J connectivity index is 2.29.